The van der Waals surface area contributed by atoms with Gasteiger partial charge in [-0.25, -0.2) is 17.6 Å². The summed E-state index contributed by atoms with van der Waals surface area (Å²) in [5, 5.41) is 1.49. The molecule has 5 heteroatoms. The summed E-state index contributed by atoms with van der Waals surface area (Å²) in [5.74, 6) is 3.50. The largest absolute Gasteiger partial charge is 0.494 e. The van der Waals surface area contributed by atoms with Crippen LogP contribution in [0.4, 0.5) is 17.6 Å². The first-order valence-electron chi connectivity index (χ1n) is 11.0. The minimum atomic E-state index is -0.769. The summed E-state index contributed by atoms with van der Waals surface area (Å²) >= 11 is 0. The number of fused-ring (bicyclic) bond motifs is 1. The molecule has 0 unspecified atom stereocenters. The van der Waals surface area contributed by atoms with Crippen LogP contribution < -0.4 is 4.74 Å². The van der Waals surface area contributed by atoms with Gasteiger partial charge in [0.1, 0.15) is 29.0 Å². The summed E-state index contributed by atoms with van der Waals surface area (Å²) in [4.78, 5) is 0. The second-order valence-electron chi connectivity index (χ2n) is 7.99. The molecule has 4 rings (SSSR count). The quantitative estimate of drug-likeness (QED) is 0.215. The number of rotatable bonds is 6. The average molecular weight is 462 g/mol. The summed E-state index contributed by atoms with van der Waals surface area (Å²) in [6.45, 7) is 2.47. The van der Waals surface area contributed by atoms with Crippen LogP contribution in [-0.4, -0.2) is 6.61 Å². The number of hydrogen-bond donors (Lipinski definition) is 0. The van der Waals surface area contributed by atoms with Crippen LogP contribution >= 0.6 is 0 Å². The van der Waals surface area contributed by atoms with Crippen molar-refractivity contribution in [3.05, 3.63) is 112 Å². The highest BCUT2D eigenvalue weighted by atomic mass is 19.1. The highest BCUT2D eigenvalue weighted by Crippen LogP contribution is 2.21. The Morgan fingerprint density at radius 3 is 2.18 bits per heavy atom. The first-order valence-corrected chi connectivity index (χ1v) is 11.0. The van der Waals surface area contributed by atoms with Gasteiger partial charge in [0.15, 0.2) is 0 Å². The summed E-state index contributed by atoms with van der Waals surface area (Å²) in [5.41, 5.74) is 1.10. The molecule has 0 bridgehead atoms. The lowest BCUT2D eigenvalue weighted by molar-refractivity contribution is 0.315. The minimum Gasteiger partial charge on any atom is -0.494 e. The Bertz CT molecular complexity index is 1380. The molecule has 0 radical (unpaired) electrons. The molecule has 0 aliphatic carbocycles. The predicted octanol–water partition coefficient (Wildman–Crippen LogP) is 7.37. The maximum absolute atomic E-state index is 14.6. The first-order chi connectivity index (χ1) is 16.4. The molecule has 0 saturated carbocycles. The molecule has 0 heterocycles. The predicted molar refractivity (Wildman–Crippen MR) is 126 cm³/mol. The lowest BCUT2D eigenvalue weighted by Crippen LogP contribution is -2.00. The molecule has 0 fully saturated rings. The summed E-state index contributed by atoms with van der Waals surface area (Å²) in [6.07, 6.45) is 1.39. The van der Waals surface area contributed by atoms with Gasteiger partial charge in [0.05, 0.1) is 12.2 Å². The fourth-order valence-corrected chi connectivity index (χ4v) is 3.64. The fraction of sp³-hybridized carbons (Fsp3) is 0.172. The van der Waals surface area contributed by atoms with E-state index in [1.165, 1.54) is 30.3 Å². The number of ether oxygens (including phenoxy) is 1. The van der Waals surface area contributed by atoms with E-state index >= 15 is 0 Å². The van der Waals surface area contributed by atoms with E-state index in [0.717, 1.165) is 11.8 Å². The zero-order valence-electron chi connectivity index (χ0n) is 18.6. The highest BCUT2D eigenvalue weighted by Gasteiger charge is 2.11. The Kier molecular flexibility index (Phi) is 7.18. The van der Waals surface area contributed by atoms with Gasteiger partial charge in [-0.15, -0.1) is 0 Å². The second kappa shape index (κ2) is 10.4. The Balaban J connectivity index is 1.48. The van der Waals surface area contributed by atoms with E-state index in [1.807, 2.05) is 6.92 Å². The van der Waals surface area contributed by atoms with Gasteiger partial charge < -0.3 is 4.74 Å². The molecule has 0 spiro atoms. The Labute approximate surface area is 196 Å². The van der Waals surface area contributed by atoms with Crippen molar-refractivity contribution in [3.63, 3.8) is 0 Å². The molecule has 1 nitrogen and oxygen atoms in total. The van der Waals surface area contributed by atoms with Crippen LogP contribution in [0, 0.1) is 35.1 Å². The molecule has 0 N–H and O–H groups in total. The number of hydrogen-bond acceptors (Lipinski definition) is 1. The van der Waals surface area contributed by atoms with Crippen LogP contribution in [0.3, 0.4) is 0 Å². The van der Waals surface area contributed by atoms with Gasteiger partial charge in [-0.2, -0.15) is 0 Å². The Morgan fingerprint density at radius 1 is 0.706 bits per heavy atom. The van der Waals surface area contributed by atoms with E-state index in [4.69, 9.17) is 4.74 Å². The smallest absolute Gasteiger partial charge is 0.142 e. The van der Waals surface area contributed by atoms with Crippen molar-refractivity contribution in [1.29, 1.82) is 0 Å². The molecule has 0 aliphatic heterocycles. The van der Waals surface area contributed by atoms with E-state index in [-0.39, 0.29) is 17.8 Å². The van der Waals surface area contributed by atoms with Crippen molar-refractivity contribution in [2.45, 2.75) is 26.2 Å². The van der Waals surface area contributed by atoms with Crippen molar-refractivity contribution >= 4 is 10.8 Å². The molecule has 0 aromatic heterocycles. The van der Waals surface area contributed by atoms with Crippen molar-refractivity contribution < 1.29 is 22.3 Å². The third-order valence-corrected chi connectivity index (χ3v) is 5.42. The maximum atomic E-state index is 14.6. The van der Waals surface area contributed by atoms with Gasteiger partial charge in [0.2, 0.25) is 0 Å². The molecule has 0 aliphatic rings. The van der Waals surface area contributed by atoms with E-state index in [1.54, 1.807) is 36.4 Å². The third-order valence-electron chi connectivity index (χ3n) is 5.42. The first kappa shape index (κ1) is 23.4. The van der Waals surface area contributed by atoms with Gasteiger partial charge in [0.25, 0.3) is 0 Å². The third kappa shape index (κ3) is 5.58. The minimum absolute atomic E-state index is 0.273. The van der Waals surface area contributed by atoms with Crippen molar-refractivity contribution in [3.8, 4) is 17.6 Å². The molecular weight excluding hydrogens is 440 g/mol. The second-order valence-corrected chi connectivity index (χ2v) is 7.99. The summed E-state index contributed by atoms with van der Waals surface area (Å²) in [6, 6.07) is 16.6. The lowest BCUT2D eigenvalue weighted by Gasteiger charge is -2.08. The molecule has 0 atom stereocenters. The van der Waals surface area contributed by atoms with E-state index in [9.17, 15) is 17.6 Å². The molecule has 4 aromatic carbocycles. The summed E-state index contributed by atoms with van der Waals surface area (Å²) < 4.78 is 62.3. The normalized spacial score (nSPS) is 10.7. The molecule has 0 amide bonds. The number of aryl methyl sites for hydroxylation is 2. The zero-order valence-corrected chi connectivity index (χ0v) is 18.6. The standard InChI is InChI=1S/C29H22F4O/c1-2-13-34-25-11-9-21(27(31)18-25)6-4-20-15-28(32)26(29(33)16-20)12-5-19-3-7-23-17-24(30)10-8-22(23)14-19/h3,7-11,14-18H,2,4,6,13H2,1H3. The molecule has 4 aromatic rings. The van der Waals surface area contributed by atoms with Crippen LogP contribution in [0.2, 0.25) is 0 Å². The average Bonchev–Trinajstić information content (AvgIpc) is 2.81. The molecular formula is C29H22F4O. The number of halogens is 4. The van der Waals surface area contributed by atoms with Gasteiger partial charge >= 0.3 is 0 Å². The zero-order chi connectivity index (χ0) is 24.1. The van der Waals surface area contributed by atoms with Crippen LogP contribution in [0.1, 0.15) is 35.6 Å². The van der Waals surface area contributed by atoms with Crippen LogP contribution in [0.25, 0.3) is 10.8 Å². The van der Waals surface area contributed by atoms with Gasteiger partial charge in [0, 0.05) is 11.6 Å². The fourth-order valence-electron chi connectivity index (χ4n) is 3.64. The molecule has 0 saturated heterocycles. The van der Waals surface area contributed by atoms with Gasteiger partial charge in [-0.1, -0.05) is 37.0 Å². The van der Waals surface area contributed by atoms with Crippen LogP contribution in [0.15, 0.2) is 66.7 Å². The molecule has 172 valence electrons. The topological polar surface area (TPSA) is 9.23 Å². The molecule has 34 heavy (non-hydrogen) atoms. The monoisotopic (exact) mass is 462 g/mol. The maximum Gasteiger partial charge on any atom is 0.142 e. The van der Waals surface area contributed by atoms with E-state index in [2.05, 4.69) is 11.8 Å². The van der Waals surface area contributed by atoms with Crippen LogP contribution in [-0.2, 0) is 12.8 Å². The lowest BCUT2D eigenvalue weighted by atomic mass is 10.0. The number of benzene rings is 4. The van der Waals surface area contributed by atoms with Crippen LogP contribution in [0.5, 0.6) is 5.75 Å². The van der Waals surface area contributed by atoms with E-state index < -0.39 is 17.5 Å². The van der Waals surface area contributed by atoms with Gasteiger partial charge in [-0.3, -0.25) is 0 Å². The summed E-state index contributed by atoms with van der Waals surface area (Å²) in [7, 11) is 0. The van der Waals surface area contributed by atoms with Crippen molar-refractivity contribution in [2.24, 2.45) is 0 Å². The Morgan fingerprint density at radius 2 is 1.44 bits per heavy atom. The highest BCUT2D eigenvalue weighted by molar-refractivity contribution is 5.84. The van der Waals surface area contributed by atoms with Crippen molar-refractivity contribution in [1.82, 2.24) is 0 Å². The van der Waals surface area contributed by atoms with E-state index in [0.29, 0.717) is 40.9 Å². The van der Waals surface area contributed by atoms with Crippen molar-refractivity contribution in [2.75, 3.05) is 6.61 Å². The SMILES string of the molecule is CCCOc1ccc(CCc2cc(F)c(C#Cc3ccc4cc(F)ccc4c3)c(F)c2)c(F)c1. The Hall–Kier alpha value is -3.78. The van der Waals surface area contributed by atoms with Gasteiger partial charge in [-0.05, 0) is 83.6 Å².